The largest absolute Gasteiger partial charge is 0.336 e. The zero-order valence-electron chi connectivity index (χ0n) is 15.1. The molecule has 25 heavy (non-hydrogen) atoms. The van der Waals surface area contributed by atoms with E-state index in [1.807, 2.05) is 24.4 Å². The lowest BCUT2D eigenvalue weighted by Gasteiger charge is -2.40. The van der Waals surface area contributed by atoms with E-state index in [-0.39, 0.29) is 11.9 Å². The average Bonchev–Trinajstić information content (AvgIpc) is 3.21. The zero-order chi connectivity index (χ0) is 17.4. The van der Waals surface area contributed by atoms with Gasteiger partial charge in [0.25, 0.3) is 0 Å². The van der Waals surface area contributed by atoms with Crippen molar-refractivity contribution in [3.05, 3.63) is 30.2 Å². The molecule has 4 heterocycles. The molecule has 0 aliphatic carbocycles. The van der Waals surface area contributed by atoms with E-state index < -0.39 is 0 Å². The summed E-state index contributed by atoms with van der Waals surface area (Å²) in [5, 5.41) is 8.71. The molecule has 0 aromatic carbocycles. The second-order valence-electron chi connectivity index (χ2n) is 7.55. The Labute approximate surface area is 148 Å². The summed E-state index contributed by atoms with van der Waals surface area (Å²) in [5.41, 5.74) is 0.869. The van der Waals surface area contributed by atoms with Crippen molar-refractivity contribution < 1.29 is 4.79 Å². The second kappa shape index (κ2) is 6.75. The number of carbonyl (C=O) groups excluding carboxylic acids is 1. The van der Waals surface area contributed by atoms with Crippen molar-refractivity contribution in [1.82, 2.24) is 24.4 Å². The maximum atomic E-state index is 13.0. The molecule has 2 aliphatic heterocycles. The third-order valence-corrected chi connectivity index (χ3v) is 5.82. The van der Waals surface area contributed by atoms with Gasteiger partial charge in [0.1, 0.15) is 0 Å². The van der Waals surface area contributed by atoms with E-state index in [2.05, 4.69) is 38.2 Å². The van der Waals surface area contributed by atoms with Gasteiger partial charge >= 0.3 is 0 Å². The summed E-state index contributed by atoms with van der Waals surface area (Å²) in [6.07, 6.45) is 7.61. The van der Waals surface area contributed by atoms with Crippen molar-refractivity contribution in [2.24, 2.45) is 0 Å². The van der Waals surface area contributed by atoms with Crippen molar-refractivity contribution in [2.75, 3.05) is 13.1 Å². The quantitative estimate of drug-likeness (QED) is 0.861. The van der Waals surface area contributed by atoms with Crippen LogP contribution in [0.1, 0.15) is 57.8 Å². The average molecular weight is 341 g/mol. The van der Waals surface area contributed by atoms with Crippen LogP contribution in [0.5, 0.6) is 0 Å². The van der Waals surface area contributed by atoms with Gasteiger partial charge in [0.2, 0.25) is 5.91 Å². The first-order valence-corrected chi connectivity index (χ1v) is 9.50. The molecular formula is C19H27N5O. The van der Waals surface area contributed by atoms with Crippen LogP contribution in [0.2, 0.25) is 0 Å². The van der Waals surface area contributed by atoms with Crippen molar-refractivity contribution >= 4 is 11.6 Å². The fraction of sp³-hybridized carbons (Fsp3) is 0.632. The van der Waals surface area contributed by atoms with Crippen molar-refractivity contribution in [3.63, 3.8) is 0 Å². The number of carbonyl (C=O) groups is 1. The third kappa shape index (κ3) is 3.03. The molecule has 3 atom stereocenters. The molecule has 0 spiro atoms. The number of nitrogens with zero attached hydrogens (tertiary/aromatic N) is 5. The molecule has 0 bridgehead atoms. The normalized spacial score (nSPS) is 27.9. The molecule has 2 aromatic rings. The summed E-state index contributed by atoms with van der Waals surface area (Å²) in [7, 11) is 0. The van der Waals surface area contributed by atoms with Gasteiger partial charge in [-0.05, 0) is 64.6 Å². The minimum atomic E-state index is 0.178. The van der Waals surface area contributed by atoms with E-state index in [9.17, 15) is 4.79 Å². The first kappa shape index (κ1) is 16.5. The van der Waals surface area contributed by atoms with Crippen molar-refractivity contribution in [3.8, 4) is 0 Å². The molecule has 0 N–H and O–H groups in total. The van der Waals surface area contributed by atoms with Crippen LogP contribution in [-0.2, 0) is 4.79 Å². The molecule has 2 aromatic heterocycles. The van der Waals surface area contributed by atoms with Gasteiger partial charge in [-0.1, -0.05) is 6.07 Å². The minimum absolute atomic E-state index is 0.178. The van der Waals surface area contributed by atoms with Gasteiger partial charge in [-0.2, -0.15) is 0 Å². The number of rotatable bonds is 3. The highest BCUT2D eigenvalue weighted by Gasteiger charge is 2.35. The second-order valence-corrected chi connectivity index (χ2v) is 7.55. The Balaban J connectivity index is 1.53. The summed E-state index contributed by atoms with van der Waals surface area (Å²) < 4.78 is 2.06. The van der Waals surface area contributed by atoms with Gasteiger partial charge in [0.15, 0.2) is 11.5 Å². The Kier molecular flexibility index (Phi) is 4.46. The number of hydrogen-bond donors (Lipinski definition) is 0. The van der Waals surface area contributed by atoms with Gasteiger partial charge in [0.05, 0.1) is 12.6 Å². The maximum Gasteiger partial charge on any atom is 0.237 e. The maximum absolute atomic E-state index is 13.0. The van der Waals surface area contributed by atoms with Crippen molar-refractivity contribution in [1.29, 1.82) is 0 Å². The van der Waals surface area contributed by atoms with E-state index in [4.69, 9.17) is 0 Å². The number of amides is 1. The van der Waals surface area contributed by atoms with Crippen LogP contribution in [0, 0.1) is 0 Å². The summed E-state index contributed by atoms with van der Waals surface area (Å²) in [5.74, 6) is 1.22. The number of fused-ring (bicyclic) bond motifs is 1. The van der Waals surface area contributed by atoms with E-state index in [0.29, 0.717) is 18.6 Å². The van der Waals surface area contributed by atoms with Crippen LogP contribution in [0.4, 0.5) is 0 Å². The highest BCUT2D eigenvalue weighted by molar-refractivity contribution is 5.79. The number of aromatic nitrogens is 3. The van der Waals surface area contributed by atoms with Gasteiger partial charge in [0, 0.05) is 18.3 Å². The van der Waals surface area contributed by atoms with Gasteiger partial charge in [-0.25, -0.2) is 0 Å². The monoisotopic (exact) mass is 341 g/mol. The molecule has 6 heteroatoms. The van der Waals surface area contributed by atoms with E-state index in [0.717, 1.165) is 43.7 Å². The number of pyridine rings is 1. The molecule has 6 nitrogen and oxygen atoms in total. The molecule has 2 aliphatic rings. The summed E-state index contributed by atoms with van der Waals surface area (Å²) >= 11 is 0. The third-order valence-electron chi connectivity index (χ3n) is 5.82. The van der Waals surface area contributed by atoms with Gasteiger partial charge in [-0.3, -0.25) is 14.1 Å². The molecule has 4 rings (SSSR count). The Morgan fingerprint density at radius 1 is 1.12 bits per heavy atom. The Bertz CT molecular complexity index is 747. The van der Waals surface area contributed by atoms with E-state index in [1.165, 1.54) is 6.42 Å². The minimum Gasteiger partial charge on any atom is -0.336 e. The van der Waals surface area contributed by atoms with E-state index in [1.54, 1.807) is 0 Å². The van der Waals surface area contributed by atoms with Gasteiger partial charge in [-0.15, -0.1) is 10.2 Å². The lowest BCUT2D eigenvalue weighted by molar-refractivity contribution is -0.138. The molecule has 1 amide bonds. The number of hydrogen-bond acceptors (Lipinski definition) is 4. The summed E-state index contributed by atoms with van der Waals surface area (Å²) in [6.45, 7) is 5.80. The fourth-order valence-corrected chi connectivity index (χ4v) is 4.56. The highest BCUT2D eigenvalue weighted by atomic mass is 16.2. The highest BCUT2D eigenvalue weighted by Crippen LogP contribution is 2.31. The SMILES string of the molecule is C[C@@H]1CCC[C@H](C)N1C(=O)CN1CCC[C@H]1c1nnc2ccccn12. The van der Waals surface area contributed by atoms with Crippen LogP contribution in [0.3, 0.4) is 0 Å². The zero-order valence-corrected chi connectivity index (χ0v) is 15.1. The lowest BCUT2D eigenvalue weighted by Crippen LogP contribution is -2.51. The summed E-state index contributed by atoms with van der Waals surface area (Å²) in [6, 6.07) is 6.83. The number of piperidine rings is 1. The molecule has 0 unspecified atom stereocenters. The van der Waals surface area contributed by atoms with Crippen LogP contribution >= 0.6 is 0 Å². The predicted molar refractivity (Wildman–Crippen MR) is 96.2 cm³/mol. The topological polar surface area (TPSA) is 53.7 Å². The molecule has 2 fully saturated rings. The molecule has 134 valence electrons. The lowest BCUT2D eigenvalue weighted by atomic mass is 9.97. The standard InChI is InChI=1S/C19H27N5O/c1-14-7-5-8-15(2)24(14)18(25)13-22-11-6-9-16(22)19-21-20-17-10-3-4-12-23(17)19/h3-4,10,12,14-16H,5-9,11,13H2,1-2H3/t14-,15+,16-/m0/s1. The molecule has 0 saturated carbocycles. The Hall–Kier alpha value is -1.95. The van der Waals surface area contributed by atoms with Crippen molar-refractivity contribution in [2.45, 2.75) is 64.1 Å². The molecule has 0 radical (unpaired) electrons. The fourth-order valence-electron chi connectivity index (χ4n) is 4.56. The first-order valence-electron chi connectivity index (χ1n) is 9.50. The Morgan fingerprint density at radius 3 is 2.72 bits per heavy atom. The first-order chi connectivity index (χ1) is 12.1. The number of likely N-dealkylation sites (tertiary alicyclic amines) is 2. The molecule has 2 saturated heterocycles. The van der Waals surface area contributed by atoms with Crippen LogP contribution in [0.15, 0.2) is 24.4 Å². The van der Waals surface area contributed by atoms with Crippen LogP contribution in [0.25, 0.3) is 5.65 Å². The van der Waals surface area contributed by atoms with Gasteiger partial charge < -0.3 is 4.90 Å². The van der Waals surface area contributed by atoms with Crippen LogP contribution < -0.4 is 0 Å². The smallest absolute Gasteiger partial charge is 0.237 e. The van der Waals surface area contributed by atoms with E-state index >= 15 is 0 Å². The Morgan fingerprint density at radius 2 is 1.92 bits per heavy atom. The van der Waals surface area contributed by atoms with Crippen LogP contribution in [-0.4, -0.2) is 55.5 Å². The molecular weight excluding hydrogens is 314 g/mol. The summed E-state index contributed by atoms with van der Waals surface area (Å²) in [4.78, 5) is 17.4. The predicted octanol–water partition coefficient (Wildman–Crippen LogP) is 2.66.